The van der Waals surface area contributed by atoms with Gasteiger partial charge in [-0.2, -0.15) is 0 Å². The normalized spacial score (nSPS) is 10.7. The highest BCUT2D eigenvalue weighted by atomic mass is 127. The van der Waals surface area contributed by atoms with Gasteiger partial charge in [0, 0.05) is 17.1 Å². The first-order valence-corrected chi connectivity index (χ1v) is 8.03. The molecule has 2 aromatic rings. The lowest BCUT2D eigenvalue weighted by Crippen LogP contribution is -2.08. The Balaban J connectivity index is 2.48. The summed E-state index contributed by atoms with van der Waals surface area (Å²) in [5.41, 5.74) is 3.09. The Kier molecular flexibility index (Phi) is 5.21. The number of rotatable bonds is 4. The van der Waals surface area contributed by atoms with E-state index in [2.05, 4.69) is 44.8 Å². The first-order chi connectivity index (χ1) is 9.52. The Hall–Kier alpha value is -0.880. The number of hydrogen-bond donors (Lipinski definition) is 1. The summed E-state index contributed by atoms with van der Waals surface area (Å²) in [5.74, 6) is 1.65. The van der Waals surface area contributed by atoms with Gasteiger partial charge in [0.25, 0.3) is 0 Å². The van der Waals surface area contributed by atoms with Crippen LogP contribution in [-0.4, -0.2) is 16.5 Å². The second kappa shape index (κ2) is 6.72. The Morgan fingerprint density at radius 3 is 2.65 bits per heavy atom. The minimum atomic E-state index is 0.734. The summed E-state index contributed by atoms with van der Waals surface area (Å²) < 4.78 is 1.08. The molecule has 1 aromatic carbocycles. The molecule has 0 saturated carbocycles. The van der Waals surface area contributed by atoms with Gasteiger partial charge >= 0.3 is 0 Å². The molecule has 3 nitrogen and oxygen atoms in total. The van der Waals surface area contributed by atoms with Gasteiger partial charge in [0.1, 0.15) is 5.82 Å². The second-order valence-electron chi connectivity index (χ2n) is 4.68. The third-order valence-electron chi connectivity index (χ3n) is 2.99. The standard InChI is InChI=1S/C15H17ClIN3/c1-4-7-18-15-13(17)10(3)19-14(20-15)12-6-5-11(16)8-9(12)2/h5-6,8H,4,7H2,1-3H3,(H,18,19,20). The van der Waals surface area contributed by atoms with E-state index in [1.54, 1.807) is 0 Å². The van der Waals surface area contributed by atoms with Crippen LogP contribution in [0, 0.1) is 17.4 Å². The number of anilines is 1. The van der Waals surface area contributed by atoms with Crippen LogP contribution in [0.1, 0.15) is 24.6 Å². The predicted molar refractivity (Wildman–Crippen MR) is 93.4 cm³/mol. The zero-order valence-electron chi connectivity index (χ0n) is 11.8. The van der Waals surface area contributed by atoms with Crippen LogP contribution in [0.5, 0.6) is 0 Å². The molecule has 106 valence electrons. The van der Waals surface area contributed by atoms with Crippen LogP contribution in [-0.2, 0) is 0 Å². The van der Waals surface area contributed by atoms with Crippen molar-refractivity contribution in [3.63, 3.8) is 0 Å². The number of benzene rings is 1. The number of aryl methyl sites for hydroxylation is 2. The predicted octanol–water partition coefficient (Wildman–Crippen LogP) is 4.84. The first-order valence-electron chi connectivity index (χ1n) is 6.57. The number of nitrogens with zero attached hydrogens (tertiary/aromatic N) is 2. The number of halogens is 2. The highest BCUT2D eigenvalue weighted by Crippen LogP contribution is 2.27. The number of hydrogen-bond acceptors (Lipinski definition) is 3. The van der Waals surface area contributed by atoms with Gasteiger partial charge in [0.05, 0.1) is 9.26 Å². The Bertz CT molecular complexity index is 629. The second-order valence-corrected chi connectivity index (χ2v) is 6.20. The minimum absolute atomic E-state index is 0.734. The molecule has 0 amide bonds. The fourth-order valence-corrected chi connectivity index (χ4v) is 2.58. The van der Waals surface area contributed by atoms with E-state index in [0.29, 0.717) is 0 Å². The van der Waals surface area contributed by atoms with Gasteiger partial charge in [-0.25, -0.2) is 9.97 Å². The molecule has 2 rings (SSSR count). The van der Waals surface area contributed by atoms with Gasteiger partial charge in [0.15, 0.2) is 5.82 Å². The molecule has 0 bridgehead atoms. The monoisotopic (exact) mass is 401 g/mol. The lowest BCUT2D eigenvalue weighted by atomic mass is 10.1. The summed E-state index contributed by atoms with van der Waals surface area (Å²) in [4.78, 5) is 9.26. The maximum absolute atomic E-state index is 6.01. The van der Waals surface area contributed by atoms with Gasteiger partial charge in [-0.3, -0.25) is 0 Å². The minimum Gasteiger partial charge on any atom is -0.369 e. The molecule has 0 aliphatic heterocycles. The molecule has 1 heterocycles. The lowest BCUT2D eigenvalue weighted by Gasteiger charge is -2.12. The molecule has 0 aliphatic rings. The maximum Gasteiger partial charge on any atom is 0.162 e. The van der Waals surface area contributed by atoms with E-state index in [1.807, 2.05) is 32.0 Å². The van der Waals surface area contributed by atoms with Crippen LogP contribution in [0.15, 0.2) is 18.2 Å². The lowest BCUT2D eigenvalue weighted by molar-refractivity contribution is 0.958. The third kappa shape index (κ3) is 3.41. The average molecular weight is 402 g/mol. The van der Waals surface area contributed by atoms with Crippen molar-refractivity contribution in [2.75, 3.05) is 11.9 Å². The molecular weight excluding hydrogens is 385 g/mol. The summed E-state index contributed by atoms with van der Waals surface area (Å²) in [5, 5.41) is 4.09. The molecule has 1 N–H and O–H groups in total. The van der Waals surface area contributed by atoms with Gasteiger partial charge in [-0.15, -0.1) is 0 Å². The molecule has 0 atom stereocenters. The zero-order chi connectivity index (χ0) is 14.7. The quantitative estimate of drug-likeness (QED) is 0.745. The summed E-state index contributed by atoms with van der Waals surface area (Å²) >= 11 is 8.29. The van der Waals surface area contributed by atoms with Crippen LogP contribution in [0.2, 0.25) is 5.02 Å². The van der Waals surface area contributed by atoms with Gasteiger partial charge in [0.2, 0.25) is 0 Å². The van der Waals surface area contributed by atoms with E-state index in [9.17, 15) is 0 Å². The molecule has 0 saturated heterocycles. The molecular formula is C15H17ClIN3. The van der Waals surface area contributed by atoms with Crippen molar-refractivity contribution in [3.8, 4) is 11.4 Å². The topological polar surface area (TPSA) is 37.8 Å². The summed E-state index contributed by atoms with van der Waals surface area (Å²) in [6.07, 6.45) is 1.06. The smallest absolute Gasteiger partial charge is 0.162 e. The van der Waals surface area contributed by atoms with Crippen molar-refractivity contribution in [2.24, 2.45) is 0 Å². The van der Waals surface area contributed by atoms with Gasteiger partial charge in [-0.1, -0.05) is 18.5 Å². The van der Waals surface area contributed by atoms with E-state index < -0.39 is 0 Å². The Morgan fingerprint density at radius 1 is 1.25 bits per heavy atom. The molecule has 0 unspecified atom stereocenters. The van der Waals surface area contributed by atoms with Gasteiger partial charge < -0.3 is 5.32 Å². The highest BCUT2D eigenvalue weighted by Gasteiger charge is 2.12. The van der Waals surface area contributed by atoms with Crippen molar-refractivity contribution < 1.29 is 0 Å². The van der Waals surface area contributed by atoms with Crippen molar-refractivity contribution in [3.05, 3.63) is 38.0 Å². The molecule has 5 heteroatoms. The van der Waals surface area contributed by atoms with Crippen molar-refractivity contribution >= 4 is 40.0 Å². The molecule has 0 spiro atoms. The average Bonchev–Trinajstić information content (AvgIpc) is 2.40. The van der Waals surface area contributed by atoms with Crippen LogP contribution in [0.25, 0.3) is 11.4 Å². The summed E-state index contributed by atoms with van der Waals surface area (Å²) in [6, 6.07) is 5.79. The fraction of sp³-hybridized carbons (Fsp3) is 0.333. The van der Waals surface area contributed by atoms with Crippen LogP contribution in [0.4, 0.5) is 5.82 Å². The van der Waals surface area contributed by atoms with Crippen LogP contribution < -0.4 is 5.32 Å². The van der Waals surface area contributed by atoms with Crippen molar-refractivity contribution in [1.29, 1.82) is 0 Å². The molecule has 20 heavy (non-hydrogen) atoms. The van der Waals surface area contributed by atoms with E-state index in [0.717, 1.165) is 50.0 Å². The highest BCUT2D eigenvalue weighted by molar-refractivity contribution is 14.1. The number of nitrogens with one attached hydrogen (secondary N) is 1. The molecule has 0 radical (unpaired) electrons. The van der Waals surface area contributed by atoms with E-state index in [1.165, 1.54) is 0 Å². The van der Waals surface area contributed by atoms with E-state index in [4.69, 9.17) is 11.6 Å². The van der Waals surface area contributed by atoms with Crippen LogP contribution >= 0.6 is 34.2 Å². The largest absolute Gasteiger partial charge is 0.369 e. The Labute approximate surface area is 138 Å². The summed E-state index contributed by atoms with van der Waals surface area (Å²) in [6.45, 7) is 7.08. The third-order valence-corrected chi connectivity index (χ3v) is 4.52. The van der Waals surface area contributed by atoms with Crippen molar-refractivity contribution in [2.45, 2.75) is 27.2 Å². The van der Waals surface area contributed by atoms with E-state index in [-0.39, 0.29) is 0 Å². The van der Waals surface area contributed by atoms with Crippen LogP contribution in [0.3, 0.4) is 0 Å². The number of aromatic nitrogens is 2. The molecule has 0 aliphatic carbocycles. The van der Waals surface area contributed by atoms with E-state index >= 15 is 0 Å². The fourth-order valence-electron chi connectivity index (χ4n) is 1.92. The summed E-state index contributed by atoms with van der Waals surface area (Å²) in [7, 11) is 0. The Morgan fingerprint density at radius 2 is 2.00 bits per heavy atom. The molecule has 0 fully saturated rings. The van der Waals surface area contributed by atoms with Gasteiger partial charge in [-0.05, 0) is 66.6 Å². The SMILES string of the molecule is CCCNc1nc(-c2ccc(Cl)cc2C)nc(C)c1I. The van der Waals surface area contributed by atoms with Crippen molar-refractivity contribution in [1.82, 2.24) is 9.97 Å². The first kappa shape index (κ1) is 15.5. The zero-order valence-corrected chi connectivity index (χ0v) is 14.7. The molecule has 1 aromatic heterocycles. The maximum atomic E-state index is 6.01.